The zero-order chi connectivity index (χ0) is 15.5. The summed E-state index contributed by atoms with van der Waals surface area (Å²) in [7, 11) is 1.97. The highest BCUT2D eigenvalue weighted by Gasteiger charge is 1.99. The molecule has 3 rings (SSSR count). The summed E-state index contributed by atoms with van der Waals surface area (Å²) < 4.78 is 2.00. The Labute approximate surface area is 138 Å². The second kappa shape index (κ2) is 6.34. The van der Waals surface area contributed by atoms with Crippen LogP contribution in [0.25, 0.3) is 10.9 Å². The second-order valence-electron chi connectivity index (χ2n) is 4.87. The van der Waals surface area contributed by atoms with Gasteiger partial charge in [-0.3, -0.25) is 0 Å². The zero-order valence-corrected chi connectivity index (χ0v) is 13.4. The Balaban J connectivity index is 2.05. The molecule has 0 aliphatic heterocycles. The maximum atomic E-state index is 6.06. The number of nitrogens with zero attached hydrogens (tertiary/aromatic N) is 3. The molecule has 0 spiro atoms. The number of hydrogen-bond donors (Lipinski definition) is 0. The summed E-state index contributed by atoms with van der Waals surface area (Å²) in [6.07, 6.45) is 3.62. The number of hydrogen-bond acceptors (Lipinski definition) is 2. The number of aryl methyl sites for hydroxylation is 1. The maximum absolute atomic E-state index is 6.06. The van der Waals surface area contributed by atoms with Crippen LogP contribution in [-0.2, 0) is 7.05 Å². The highest BCUT2D eigenvalue weighted by Crippen LogP contribution is 2.16. The molecule has 1 heterocycles. The summed E-state index contributed by atoms with van der Waals surface area (Å²) in [5.41, 5.74) is 1.91. The molecule has 22 heavy (non-hydrogen) atoms. The van der Waals surface area contributed by atoms with E-state index >= 15 is 0 Å². The molecule has 0 bridgehead atoms. The molecule has 0 saturated carbocycles. The Morgan fingerprint density at radius 3 is 2.64 bits per heavy atom. The Hall–Kier alpha value is -2.10. The molecular formula is C17H13Cl2N3. The van der Waals surface area contributed by atoms with Gasteiger partial charge in [0.25, 0.3) is 0 Å². The highest BCUT2D eigenvalue weighted by molar-refractivity contribution is 6.31. The van der Waals surface area contributed by atoms with Crippen LogP contribution >= 0.6 is 23.2 Å². The third-order valence-electron chi connectivity index (χ3n) is 3.29. The quantitative estimate of drug-likeness (QED) is 0.492. The van der Waals surface area contributed by atoms with E-state index in [2.05, 4.69) is 10.2 Å². The molecule has 0 fully saturated rings. The molecule has 0 atom stereocenters. The summed E-state index contributed by atoms with van der Waals surface area (Å²) in [5.74, 6) is 0. The minimum atomic E-state index is 0.677. The van der Waals surface area contributed by atoms with Gasteiger partial charge in [-0.05, 0) is 42.0 Å². The van der Waals surface area contributed by atoms with Crippen LogP contribution in [0.5, 0.6) is 0 Å². The molecule has 5 heteroatoms. The van der Waals surface area contributed by atoms with Crippen molar-refractivity contribution in [1.29, 1.82) is 0 Å². The van der Waals surface area contributed by atoms with Crippen LogP contribution in [-0.4, -0.2) is 10.8 Å². The average molecular weight is 330 g/mol. The number of rotatable bonds is 2. The number of benzene rings is 2. The lowest BCUT2D eigenvalue weighted by atomic mass is 10.2. The molecule has 0 N–H and O–H groups in total. The third-order valence-corrected chi connectivity index (χ3v) is 3.76. The van der Waals surface area contributed by atoms with Gasteiger partial charge in [-0.15, -0.1) is 0 Å². The van der Waals surface area contributed by atoms with Crippen LogP contribution in [0, 0.1) is 0 Å². The van der Waals surface area contributed by atoms with Crippen LogP contribution in [0.1, 0.15) is 5.56 Å². The van der Waals surface area contributed by atoms with Crippen LogP contribution in [0.4, 0.5) is 0 Å². The van der Waals surface area contributed by atoms with E-state index in [9.17, 15) is 0 Å². The van der Waals surface area contributed by atoms with E-state index in [1.165, 1.54) is 0 Å². The Morgan fingerprint density at radius 1 is 1.00 bits per heavy atom. The average Bonchev–Trinajstić information content (AvgIpc) is 2.50. The number of aromatic nitrogens is 1. The topological polar surface area (TPSA) is 29.6 Å². The summed E-state index contributed by atoms with van der Waals surface area (Å²) in [5, 5.41) is 11.6. The van der Waals surface area contributed by atoms with Gasteiger partial charge in [0.05, 0.1) is 17.1 Å². The zero-order valence-electron chi connectivity index (χ0n) is 11.9. The fraction of sp³-hybridized carbons (Fsp3) is 0.0588. The Morgan fingerprint density at radius 2 is 1.82 bits per heavy atom. The van der Waals surface area contributed by atoms with E-state index in [4.69, 9.17) is 23.2 Å². The van der Waals surface area contributed by atoms with Crippen LogP contribution < -0.4 is 5.36 Å². The molecule has 2 aromatic carbocycles. The molecule has 110 valence electrons. The number of pyridine rings is 1. The van der Waals surface area contributed by atoms with Gasteiger partial charge in [-0.1, -0.05) is 35.3 Å². The van der Waals surface area contributed by atoms with E-state index in [0.29, 0.717) is 10.0 Å². The smallest absolute Gasteiger partial charge is 0.0964 e. The van der Waals surface area contributed by atoms with Crippen molar-refractivity contribution in [3.63, 3.8) is 0 Å². The molecular weight excluding hydrogens is 317 g/mol. The fourth-order valence-electron chi connectivity index (χ4n) is 2.20. The second-order valence-corrected chi connectivity index (χ2v) is 5.75. The molecule has 0 aliphatic rings. The van der Waals surface area contributed by atoms with Gasteiger partial charge in [0.15, 0.2) is 0 Å². The normalized spacial score (nSPS) is 12.4. The van der Waals surface area contributed by atoms with Crippen molar-refractivity contribution in [2.75, 3.05) is 0 Å². The van der Waals surface area contributed by atoms with E-state index < -0.39 is 0 Å². The van der Waals surface area contributed by atoms with Gasteiger partial charge < -0.3 is 4.57 Å². The maximum Gasteiger partial charge on any atom is 0.0964 e. The first-order chi connectivity index (χ1) is 10.6. The van der Waals surface area contributed by atoms with Crippen molar-refractivity contribution in [2.24, 2.45) is 17.3 Å². The Bertz CT molecular complexity index is 927. The van der Waals surface area contributed by atoms with Crippen molar-refractivity contribution in [3.05, 3.63) is 75.7 Å². The molecule has 1 aromatic heterocycles. The monoisotopic (exact) mass is 329 g/mol. The van der Waals surface area contributed by atoms with Gasteiger partial charge in [-0.25, -0.2) is 0 Å². The lowest BCUT2D eigenvalue weighted by Gasteiger charge is -2.05. The largest absolute Gasteiger partial charge is 0.350 e. The van der Waals surface area contributed by atoms with Gasteiger partial charge >= 0.3 is 0 Å². The fourth-order valence-corrected chi connectivity index (χ4v) is 2.56. The van der Waals surface area contributed by atoms with Crippen molar-refractivity contribution in [1.82, 2.24) is 4.57 Å². The molecule has 0 amide bonds. The molecule has 3 nitrogen and oxygen atoms in total. The first-order valence-corrected chi connectivity index (χ1v) is 7.46. The van der Waals surface area contributed by atoms with E-state index in [1.54, 1.807) is 6.21 Å². The third kappa shape index (κ3) is 3.21. The Kier molecular flexibility index (Phi) is 4.27. The lowest BCUT2D eigenvalue weighted by molar-refractivity contribution is 0.945. The summed E-state index contributed by atoms with van der Waals surface area (Å²) in [6, 6.07) is 15.1. The molecule has 0 aliphatic carbocycles. The van der Waals surface area contributed by atoms with Gasteiger partial charge in [0.2, 0.25) is 0 Å². The van der Waals surface area contributed by atoms with Crippen molar-refractivity contribution >= 4 is 40.3 Å². The minimum absolute atomic E-state index is 0.677. The van der Waals surface area contributed by atoms with Gasteiger partial charge in [0.1, 0.15) is 0 Å². The predicted molar refractivity (Wildman–Crippen MR) is 92.5 cm³/mol. The first kappa shape index (κ1) is 14.8. The van der Waals surface area contributed by atoms with E-state index in [1.807, 2.05) is 66.3 Å². The standard InChI is InChI=1S/C17H13Cl2N3/c1-22-8-7-16(15-6-5-14(19)10-17(15)22)21-20-11-12-3-2-4-13(18)9-12/h2-11H,1H3/b20-11+,21-16+. The highest BCUT2D eigenvalue weighted by atomic mass is 35.5. The van der Waals surface area contributed by atoms with Crippen molar-refractivity contribution in [2.45, 2.75) is 0 Å². The summed E-state index contributed by atoms with van der Waals surface area (Å²) in [4.78, 5) is 0. The molecule has 3 aromatic rings. The molecule has 0 radical (unpaired) electrons. The van der Waals surface area contributed by atoms with E-state index in [-0.39, 0.29) is 0 Å². The molecule has 0 saturated heterocycles. The van der Waals surface area contributed by atoms with Crippen LogP contribution in [0.3, 0.4) is 0 Å². The SMILES string of the molecule is Cn1cc/c(=N\N=C\c2cccc(Cl)c2)c2ccc(Cl)cc21. The minimum Gasteiger partial charge on any atom is -0.350 e. The van der Waals surface area contributed by atoms with E-state index in [0.717, 1.165) is 21.8 Å². The predicted octanol–water partition coefficient (Wildman–Crippen LogP) is 4.42. The van der Waals surface area contributed by atoms with Crippen LogP contribution in [0.2, 0.25) is 10.0 Å². The summed E-state index contributed by atoms with van der Waals surface area (Å²) >= 11 is 12.0. The summed E-state index contributed by atoms with van der Waals surface area (Å²) in [6.45, 7) is 0. The van der Waals surface area contributed by atoms with Crippen LogP contribution in [0.15, 0.2) is 64.9 Å². The number of halogens is 2. The van der Waals surface area contributed by atoms with Gasteiger partial charge in [-0.2, -0.15) is 10.2 Å². The first-order valence-electron chi connectivity index (χ1n) is 6.71. The van der Waals surface area contributed by atoms with Gasteiger partial charge in [0, 0.05) is 28.7 Å². The van der Waals surface area contributed by atoms with Crippen molar-refractivity contribution < 1.29 is 0 Å². The van der Waals surface area contributed by atoms with Crippen molar-refractivity contribution in [3.8, 4) is 0 Å². The lowest BCUT2D eigenvalue weighted by Crippen LogP contribution is -2.06. The molecule has 0 unspecified atom stereocenters. The number of fused-ring (bicyclic) bond motifs is 1.